The first kappa shape index (κ1) is 18.9. The van der Waals surface area contributed by atoms with Crippen LogP contribution in [0.5, 0.6) is 0 Å². The van der Waals surface area contributed by atoms with Gasteiger partial charge in [-0.1, -0.05) is 19.1 Å². The van der Waals surface area contributed by atoms with E-state index in [2.05, 4.69) is 5.32 Å². The molecule has 0 aliphatic heterocycles. The SMILES string of the molecule is CC(CC(=O)NC1CCC(N)CC1)Cc1cccc(F)c1.Cl. The Morgan fingerprint density at radius 2 is 2.05 bits per heavy atom. The van der Waals surface area contributed by atoms with E-state index in [-0.39, 0.29) is 36.1 Å². The maximum atomic E-state index is 13.1. The average Bonchev–Trinajstić information content (AvgIpc) is 2.41. The van der Waals surface area contributed by atoms with Crippen LogP contribution in [-0.2, 0) is 11.2 Å². The van der Waals surface area contributed by atoms with Gasteiger partial charge in [0, 0.05) is 18.5 Å². The minimum Gasteiger partial charge on any atom is -0.353 e. The number of halogens is 2. The zero-order valence-corrected chi connectivity index (χ0v) is 13.9. The van der Waals surface area contributed by atoms with Crippen molar-refractivity contribution in [2.24, 2.45) is 11.7 Å². The molecular formula is C17H26ClFN2O. The Morgan fingerprint density at radius 3 is 2.68 bits per heavy atom. The van der Waals surface area contributed by atoms with Crippen LogP contribution in [0.1, 0.15) is 44.6 Å². The summed E-state index contributed by atoms with van der Waals surface area (Å²) in [5.41, 5.74) is 6.81. The lowest BCUT2D eigenvalue weighted by molar-refractivity contribution is -0.122. The summed E-state index contributed by atoms with van der Waals surface area (Å²) in [5.74, 6) is 0.0831. The summed E-state index contributed by atoms with van der Waals surface area (Å²) in [6.45, 7) is 2.03. The minimum atomic E-state index is -0.220. The van der Waals surface area contributed by atoms with E-state index < -0.39 is 0 Å². The number of rotatable bonds is 5. The summed E-state index contributed by atoms with van der Waals surface area (Å²) in [5, 5.41) is 3.10. The fourth-order valence-corrected chi connectivity index (χ4v) is 3.01. The largest absolute Gasteiger partial charge is 0.353 e. The van der Waals surface area contributed by atoms with Crippen molar-refractivity contribution >= 4 is 18.3 Å². The second-order valence-corrected chi connectivity index (χ2v) is 6.32. The van der Waals surface area contributed by atoms with Crippen LogP contribution < -0.4 is 11.1 Å². The first-order valence-electron chi connectivity index (χ1n) is 7.82. The van der Waals surface area contributed by atoms with Gasteiger partial charge in [-0.2, -0.15) is 0 Å². The van der Waals surface area contributed by atoms with E-state index >= 15 is 0 Å². The molecule has 1 aliphatic rings. The third kappa shape index (κ3) is 6.32. The molecule has 1 aromatic carbocycles. The number of nitrogens with one attached hydrogen (secondary N) is 1. The fraction of sp³-hybridized carbons (Fsp3) is 0.588. The molecule has 2 rings (SSSR count). The smallest absolute Gasteiger partial charge is 0.220 e. The molecule has 0 saturated heterocycles. The van der Waals surface area contributed by atoms with Crippen molar-refractivity contribution in [2.45, 2.75) is 57.5 Å². The normalized spacial score (nSPS) is 22.5. The Morgan fingerprint density at radius 1 is 1.36 bits per heavy atom. The summed E-state index contributed by atoms with van der Waals surface area (Å²) in [4.78, 5) is 12.0. The van der Waals surface area contributed by atoms with Gasteiger partial charge in [-0.25, -0.2) is 4.39 Å². The topological polar surface area (TPSA) is 55.1 Å². The van der Waals surface area contributed by atoms with Gasteiger partial charge in [-0.15, -0.1) is 12.4 Å². The number of benzene rings is 1. The van der Waals surface area contributed by atoms with Crippen molar-refractivity contribution < 1.29 is 9.18 Å². The second-order valence-electron chi connectivity index (χ2n) is 6.32. The predicted octanol–water partition coefficient (Wildman–Crippen LogP) is 3.20. The third-order valence-electron chi connectivity index (χ3n) is 4.14. The van der Waals surface area contributed by atoms with Crippen LogP contribution in [-0.4, -0.2) is 18.0 Å². The minimum absolute atomic E-state index is 0. The fourth-order valence-electron chi connectivity index (χ4n) is 3.01. The van der Waals surface area contributed by atoms with Gasteiger partial charge in [-0.05, 0) is 55.7 Å². The quantitative estimate of drug-likeness (QED) is 0.872. The molecule has 1 fully saturated rings. The van der Waals surface area contributed by atoms with Gasteiger partial charge in [0.2, 0.25) is 5.91 Å². The highest BCUT2D eigenvalue weighted by atomic mass is 35.5. The molecule has 1 saturated carbocycles. The monoisotopic (exact) mass is 328 g/mol. The molecule has 5 heteroatoms. The Hall–Kier alpha value is -1.13. The molecule has 1 aromatic rings. The Balaban J connectivity index is 0.00000242. The van der Waals surface area contributed by atoms with Crippen LogP contribution in [0.3, 0.4) is 0 Å². The molecule has 1 amide bonds. The van der Waals surface area contributed by atoms with Gasteiger partial charge in [0.05, 0.1) is 0 Å². The Bertz CT molecular complexity index is 475. The van der Waals surface area contributed by atoms with Gasteiger partial charge >= 0.3 is 0 Å². The van der Waals surface area contributed by atoms with Crippen molar-refractivity contribution in [1.82, 2.24) is 5.32 Å². The van der Waals surface area contributed by atoms with Gasteiger partial charge in [0.15, 0.2) is 0 Å². The van der Waals surface area contributed by atoms with Gasteiger partial charge in [0.25, 0.3) is 0 Å². The van der Waals surface area contributed by atoms with Gasteiger partial charge < -0.3 is 11.1 Å². The third-order valence-corrected chi connectivity index (χ3v) is 4.14. The van der Waals surface area contributed by atoms with Crippen molar-refractivity contribution in [3.05, 3.63) is 35.6 Å². The number of amides is 1. The van der Waals surface area contributed by atoms with Crippen LogP contribution in [0, 0.1) is 11.7 Å². The van der Waals surface area contributed by atoms with E-state index in [1.807, 2.05) is 13.0 Å². The van der Waals surface area contributed by atoms with Crippen molar-refractivity contribution in [3.8, 4) is 0 Å². The molecular weight excluding hydrogens is 303 g/mol. The number of nitrogens with two attached hydrogens (primary N) is 1. The van der Waals surface area contributed by atoms with Gasteiger partial charge in [-0.3, -0.25) is 4.79 Å². The van der Waals surface area contributed by atoms with E-state index in [4.69, 9.17) is 5.73 Å². The summed E-state index contributed by atoms with van der Waals surface area (Å²) in [6.07, 6.45) is 5.14. The lowest BCUT2D eigenvalue weighted by Gasteiger charge is -2.27. The summed E-state index contributed by atoms with van der Waals surface area (Å²) >= 11 is 0. The zero-order chi connectivity index (χ0) is 15.2. The molecule has 0 aromatic heterocycles. The number of carbonyl (C=O) groups excluding carboxylic acids is 1. The highest BCUT2D eigenvalue weighted by Gasteiger charge is 2.20. The zero-order valence-electron chi connectivity index (χ0n) is 13.1. The summed E-state index contributed by atoms with van der Waals surface area (Å²) < 4.78 is 13.1. The number of hydrogen-bond donors (Lipinski definition) is 2. The molecule has 124 valence electrons. The molecule has 22 heavy (non-hydrogen) atoms. The Labute approximate surface area is 138 Å². The molecule has 1 atom stereocenters. The van der Waals surface area contributed by atoms with E-state index in [0.717, 1.165) is 37.7 Å². The van der Waals surface area contributed by atoms with Crippen LogP contribution in [0.25, 0.3) is 0 Å². The number of hydrogen-bond acceptors (Lipinski definition) is 2. The second kappa shape index (κ2) is 9.11. The van der Waals surface area contributed by atoms with E-state index in [9.17, 15) is 9.18 Å². The molecule has 1 unspecified atom stereocenters. The number of carbonyl (C=O) groups is 1. The lowest BCUT2D eigenvalue weighted by Crippen LogP contribution is -2.40. The summed E-state index contributed by atoms with van der Waals surface area (Å²) in [7, 11) is 0. The van der Waals surface area contributed by atoms with Crippen LogP contribution in [0.2, 0.25) is 0 Å². The maximum absolute atomic E-state index is 13.1. The predicted molar refractivity (Wildman–Crippen MR) is 89.5 cm³/mol. The van der Waals surface area contributed by atoms with Crippen LogP contribution >= 0.6 is 12.4 Å². The van der Waals surface area contributed by atoms with Crippen LogP contribution in [0.15, 0.2) is 24.3 Å². The summed E-state index contributed by atoms with van der Waals surface area (Å²) in [6, 6.07) is 7.16. The van der Waals surface area contributed by atoms with Crippen molar-refractivity contribution in [1.29, 1.82) is 0 Å². The highest BCUT2D eigenvalue weighted by Crippen LogP contribution is 2.18. The standard InChI is InChI=1S/C17H25FN2O.ClH/c1-12(9-13-3-2-4-14(18)11-13)10-17(21)20-16-7-5-15(19)6-8-16;/h2-4,11-12,15-16H,5-10,19H2,1H3,(H,20,21);1H. The molecule has 0 radical (unpaired) electrons. The maximum Gasteiger partial charge on any atom is 0.220 e. The van der Waals surface area contributed by atoms with E-state index in [0.29, 0.717) is 12.5 Å². The molecule has 0 spiro atoms. The van der Waals surface area contributed by atoms with E-state index in [1.165, 1.54) is 12.1 Å². The van der Waals surface area contributed by atoms with Crippen molar-refractivity contribution in [3.63, 3.8) is 0 Å². The molecule has 0 bridgehead atoms. The molecule has 3 nitrogen and oxygen atoms in total. The first-order chi connectivity index (χ1) is 10.0. The van der Waals surface area contributed by atoms with E-state index in [1.54, 1.807) is 6.07 Å². The van der Waals surface area contributed by atoms with Gasteiger partial charge in [0.1, 0.15) is 5.82 Å². The molecule has 1 aliphatic carbocycles. The molecule has 3 N–H and O–H groups in total. The lowest BCUT2D eigenvalue weighted by atomic mass is 9.91. The van der Waals surface area contributed by atoms with Crippen molar-refractivity contribution in [2.75, 3.05) is 0 Å². The first-order valence-corrected chi connectivity index (χ1v) is 7.82. The highest BCUT2D eigenvalue weighted by molar-refractivity contribution is 5.85. The Kier molecular flexibility index (Phi) is 7.83. The average molecular weight is 329 g/mol. The molecule has 0 heterocycles. The van der Waals surface area contributed by atoms with Crippen LogP contribution in [0.4, 0.5) is 4.39 Å².